The summed E-state index contributed by atoms with van der Waals surface area (Å²) in [5.74, 6) is -0.564. The number of hydrogen-bond donors (Lipinski definition) is 2. The first-order valence-electron chi connectivity index (χ1n) is 5.06. The number of nitro groups is 1. The molecule has 2 N–H and O–H groups in total. The molecule has 0 unspecified atom stereocenters. The third kappa shape index (κ3) is 4.61. The number of hydrogen-bond acceptors (Lipinski definition) is 6. The first-order valence-corrected chi connectivity index (χ1v) is 5.06. The molecule has 19 heavy (non-hydrogen) atoms. The molecule has 0 aromatic carbocycles. The third-order valence-corrected chi connectivity index (χ3v) is 2.06. The summed E-state index contributed by atoms with van der Waals surface area (Å²) in [6.07, 6.45) is 0. The Labute approximate surface area is 107 Å². The van der Waals surface area contributed by atoms with Gasteiger partial charge in [0.2, 0.25) is 0 Å². The molecule has 10 heteroatoms. The van der Waals surface area contributed by atoms with Gasteiger partial charge in [-0.3, -0.25) is 10.1 Å². The fourth-order valence-electron chi connectivity index (χ4n) is 1.42. The molecule has 0 amide bonds. The van der Waals surface area contributed by atoms with E-state index < -0.39 is 16.0 Å². The SMILES string of the molecule is CCOC(=O)c1[nH]c(C)c([N+](=O)[O-])c1C.O=[N+]([O-])O. The fourth-order valence-corrected chi connectivity index (χ4v) is 1.42. The van der Waals surface area contributed by atoms with Crippen molar-refractivity contribution in [3.8, 4) is 0 Å². The maximum atomic E-state index is 11.4. The van der Waals surface area contributed by atoms with Crippen LogP contribution in [-0.4, -0.2) is 32.8 Å². The number of aryl methyl sites for hydroxylation is 1. The summed E-state index contributed by atoms with van der Waals surface area (Å²) in [6.45, 7) is 4.99. The molecular weight excluding hydrogens is 262 g/mol. The van der Waals surface area contributed by atoms with Gasteiger partial charge < -0.3 is 14.9 Å². The van der Waals surface area contributed by atoms with Crippen LogP contribution in [0, 0.1) is 34.1 Å². The van der Waals surface area contributed by atoms with Gasteiger partial charge in [-0.2, -0.15) is 0 Å². The van der Waals surface area contributed by atoms with Crippen molar-refractivity contribution in [1.82, 2.24) is 4.98 Å². The van der Waals surface area contributed by atoms with Crippen molar-refractivity contribution < 1.29 is 24.7 Å². The summed E-state index contributed by atoms with van der Waals surface area (Å²) in [5, 5.41) is 24.3. The predicted octanol–water partition coefficient (Wildman–Crippen LogP) is 1.37. The zero-order valence-corrected chi connectivity index (χ0v) is 10.5. The Hall–Kier alpha value is -2.65. The highest BCUT2D eigenvalue weighted by Crippen LogP contribution is 2.25. The highest BCUT2D eigenvalue weighted by Gasteiger charge is 2.25. The van der Waals surface area contributed by atoms with E-state index in [2.05, 4.69) is 4.98 Å². The van der Waals surface area contributed by atoms with Crippen molar-refractivity contribution >= 4 is 11.7 Å². The molecule has 0 aliphatic rings. The Kier molecular flexibility index (Phi) is 5.97. The Balaban J connectivity index is 0.000000711. The molecule has 0 bridgehead atoms. The normalized spacial score (nSPS) is 9.21. The van der Waals surface area contributed by atoms with Gasteiger partial charge in [-0.05, 0) is 20.8 Å². The van der Waals surface area contributed by atoms with Crippen molar-refractivity contribution in [2.75, 3.05) is 6.61 Å². The molecule has 0 spiro atoms. The standard InChI is InChI=1S/C9H12N2O4.HNO3/c1-4-15-9(12)7-5(2)8(11(13)14)6(3)10-7;2-1(3)4/h10H,4H2,1-3H3;(H,2,3,4). The minimum Gasteiger partial charge on any atom is -0.461 e. The molecule has 0 saturated heterocycles. The van der Waals surface area contributed by atoms with E-state index in [1.54, 1.807) is 13.8 Å². The lowest BCUT2D eigenvalue weighted by Crippen LogP contribution is -2.06. The van der Waals surface area contributed by atoms with E-state index in [1.165, 1.54) is 6.92 Å². The third-order valence-electron chi connectivity index (χ3n) is 2.06. The highest BCUT2D eigenvalue weighted by atomic mass is 16.9. The van der Waals surface area contributed by atoms with Crippen LogP contribution in [0.2, 0.25) is 0 Å². The molecule has 1 rings (SSSR count). The number of carbonyl (C=O) groups excluding carboxylic acids is 1. The van der Waals surface area contributed by atoms with Crippen LogP contribution in [0.15, 0.2) is 0 Å². The number of ether oxygens (including phenoxy) is 1. The summed E-state index contributed by atoms with van der Waals surface area (Å²) in [7, 11) is 0. The van der Waals surface area contributed by atoms with Crippen LogP contribution in [0.3, 0.4) is 0 Å². The number of aromatic amines is 1. The van der Waals surface area contributed by atoms with Crippen molar-refractivity contribution in [1.29, 1.82) is 0 Å². The molecule has 106 valence electrons. The lowest BCUT2D eigenvalue weighted by Gasteiger charge is -1.98. The van der Waals surface area contributed by atoms with E-state index >= 15 is 0 Å². The van der Waals surface area contributed by atoms with Crippen LogP contribution in [0.4, 0.5) is 5.69 Å². The van der Waals surface area contributed by atoms with Gasteiger partial charge in [0.25, 0.3) is 10.8 Å². The van der Waals surface area contributed by atoms with E-state index in [1.807, 2.05) is 0 Å². The number of aromatic nitrogens is 1. The highest BCUT2D eigenvalue weighted by molar-refractivity contribution is 5.90. The van der Waals surface area contributed by atoms with Crippen molar-refractivity contribution in [3.05, 3.63) is 37.2 Å². The van der Waals surface area contributed by atoms with Gasteiger partial charge in [-0.15, -0.1) is 10.1 Å². The van der Waals surface area contributed by atoms with E-state index in [9.17, 15) is 14.9 Å². The smallest absolute Gasteiger partial charge is 0.355 e. The number of esters is 1. The second-order valence-corrected chi connectivity index (χ2v) is 3.31. The summed E-state index contributed by atoms with van der Waals surface area (Å²) < 4.78 is 4.76. The first-order chi connectivity index (χ1) is 8.72. The number of nitrogens with one attached hydrogen (secondary N) is 1. The predicted molar refractivity (Wildman–Crippen MR) is 61.7 cm³/mol. The van der Waals surface area contributed by atoms with Gasteiger partial charge in [0, 0.05) is 0 Å². The van der Waals surface area contributed by atoms with Gasteiger partial charge >= 0.3 is 5.97 Å². The lowest BCUT2D eigenvalue weighted by molar-refractivity contribution is -0.742. The number of carbonyl (C=O) groups is 1. The molecule has 10 nitrogen and oxygen atoms in total. The Morgan fingerprint density at radius 3 is 2.16 bits per heavy atom. The van der Waals surface area contributed by atoms with E-state index in [-0.39, 0.29) is 18.0 Å². The molecule has 0 saturated carbocycles. The molecule has 0 radical (unpaired) electrons. The number of rotatable bonds is 3. The summed E-state index contributed by atoms with van der Waals surface area (Å²) in [4.78, 5) is 32.6. The van der Waals surface area contributed by atoms with E-state index in [0.717, 1.165) is 0 Å². The molecule has 0 aliphatic heterocycles. The van der Waals surface area contributed by atoms with Gasteiger partial charge in [-0.25, -0.2) is 4.79 Å². The van der Waals surface area contributed by atoms with Crippen LogP contribution < -0.4 is 0 Å². The van der Waals surface area contributed by atoms with Crippen molar-refractivity contribution in [2.45, 2.75) is 20.8 Å². The van der Waals surface area contributed by atoms with Crippen molar-refractivity contribution in [2.24, 2.45) is 0 Å². The summed E-state index contributed by atoms with van der Waals surface area (Å²) >= 11 is 0. The van der Waals surface area contributed by atoms with Crippen molar-refractivity contribution in [3.63, 3.8) is 0 Å². The zero-order valence-electron chi connectivity index (χ0n) is 10.5. The van der Waals surface area contributed by atoms with Gasteiger partial charge in [-0.1, -0.05) is 0 Å². The summed E-state index contributed by atoms with van der Waals surface area (Å²) in [6, 6.07) is 0. The molecule has 0 fully saturated rings. The second-order valence-electron chi connectivity index (χ2n) is 3.31. The summed E-state index contributed by atoms with van der Waals surface area (Å²) in [5.41, 5.74) is 0.774. The van der Waals surface area contributed by atoms with Gasteiger partial charge in [0.1, 0.15) is 5.69 Å². The molecule has 0 aliphatic carbocycles. The quantitative estimate of drug-likeness (QED) is 0.480. The second kappa shape index (κ2) is 6.93. The van der Waals surface area contributed by atoms with Crippen LogP contribution in [0.25, 0.3) is 0 Å². The Bertz CT molecular complexity index is 490. The molecule has 0 atom stereocenters. The maximum Gasteiger partial charge on any atom is 0.355 e. The van der Waals surface area contributed by atoms with Gasteiger partial charge in [0.15, 0.2) is 0 Å². The van der Waals surface area contributed by atoms with E-state index in [0.29, 0.717) is 11.3 Å². The zero-order chi connectivity index (χ0) is 15.2. The number of H-pyrrole nitrogens is 1. The van der Waals surface area contributed by atoms with E-state index in [4.69, 9.17) is 20.1 Å². The molecule has 1 aromatic heterocycles. The minimum absolute atomic E-state index is 0.0574. The van der Waals surface area contributed by atoms with Crippen LogP contribution in [-0.2, 0) is 4.74 Å². The minimum atomic E-state index is -1.50. The Morgan fingerprint density at radius 1 is 1.37 bits per heavy atom. The topological polar surface area (TPSA) is 149 Å². The molecular formula is C9H13N3O7. The van der Waals surface area contributed by atoms with Gasteiger partial charge in [0.05, 0.1) is 22.8 Å². The fraction of sp³-hybridized carbons (Fsp3) is 0.444. The average molecular weight is 275 g/mol. The molecule has 1 heterocycles. The average Bonchev–Trinajstić information content (AvgIpc) is 2.53. The van der Waals surface area contributed by atoms with Crippen LogP contribution in [0.5, 0.6) is 0 Å². The monoisotopic (exact) mass is 275 g/mol. The van der Waals surface area contributed by atoms with Crippen LogP contribution >= 0.6 is 0 Å². The maximum absolute atomic E-state index is 11.4. The van der Waals surface area contributed by atoms with Crippen LogP contribution in [0.1, 0.15) is 28.7 Å². The molecule has 1 aromatic rings. The first kappa shape index (κ1) is 16.3. The largest absolute Gasteiger partial charge is 0.461 e. The lowest BCUT2D eigenvalue weighted by atomic mass is 10.2. The number of nitrogens with zero attached hydrogens (tertiary/aromatic N) is 2. The Morgan fingerprint density at radius 2 is 1.84 bits per heavy atom.